The van der Waals surface area contributed by atoms with E-state index in [-0.39, 0.29) is 13.6 Å². The first kappa shape index (κ1) is 27.6. The SMILES string of the molecule is CO[Si](CCc1ccccc1)(OC)OCO.CO[Si](Cc1ccccc1)(OC)OCO. The van der Waals surface area contributed by atoms with E-state index in [1.807, 2.05) is 60.7 Å². The highest BCUT2D eigenvalue weighted by molar-refractivity contribution is 6.60. The number of hydrogen-bond donors (Lipinski definition) is 2. The van der Waals surface area contributed by atoms with E-state index in [0.29, 0.717) is 12.1 Å². The van der Waals surface area contributed by atoms with E-state index in [1.54, 1.807) is 14.2 Å². The van der Waals surface area contributed by atoms with Gasteiger partial charge >= 0.3 is 17.6 Å². The quantitative estimate of drug-likeness (QED) is 0.340. The Hall–Kier alpha value is -1.45. The smallest absolute Gasteiger partial charge is 0.377 e. The molecule has 31 heavy (non-hydrogen) atoms. The van der Waals surface area contributed by atoms with Gasteiger partial charge in [0.2, 0.25) is 0 Å². The standard InChI is InChI=1S/C11H18O4Si.C10H16O4Si/c1-13-16(14-2,15-10-12)9-8-11-6-4-3-5-7-11;1-12-15(13-2,14-9-11)8-10-6-4-3-5-7-10/h3-7,12H,8-10H2,1-2H3;3-7,11H,8-9H2,1-2H3. The number of rotatable bonds is 13. The molecule has 0 saturated carbocycles. The van der Waals surface area contributed by atoms with Crippen molar-refractivity contribution in [2.24, 2.45) is 0 Å². The molecule has 0 saturated heterocycles. The number of aryl methyl sites for hydroxylation is 1. The summed E-state index contributed by atoms with van der Waals surface area (Å²) in [5.74, 6) is 0. The Balaban J connectivity index is 0.000000311. The second-order valence-electron chi connectivity index (χ2n) is 6.38. The predicted molar refractivity (Wildman–Crippen MR) is 121 cm³/mol. The summed E-state index contributed by atoms with van der Waals surface area (Å²) < 4.78 is 31.5. The van der Waals surface area contributed by atoms with Crippen molar-refractivity contribution >= 4 is 17.6 Å². The third kappa shape index (κ3) is 9.70. The predicted octanol–water partition coefficient (Wildman–Crippen LogP) is 2.39. The Morgan fingerprint density at radius 1 is 0.613 bits per heavy atom. The van der Waals surface area contributed by atoms with E-state index < -0.39 is 17.6 Å². The molecule has 0 aliphatic rings. The van der Waals surface area contributed by atoms with Crippen LogP contribution >= 0.6 is 0 Å². The average molecular weight is 471 g/mol. The molecule has 0 heterocycles. The third-order valence-electron chi connectivity index (χ3n) is 4.64. The summed E-state index contributed by atoms with van der Waals surface area (Å²) >= 11 is 0. The van der Waals surface area contributed by atoms with Gasteiger partial charge in [-0.05, 0) is 17.5 Å². The molecular weight excluding hydrogens is 436 g/mol. The second kappa shape index (κ2) is 15.4. The lowest BCUT2D eigenvalue weighted by molar-refractivity contribution is 0.0137. The van der Waals surface area contributed by atoms with Gasteiger partial charge in [-0.15, -0.1) is 0 Å². The van der Waals surface area contributed by atoms with E-state index in [0.717, 1.165) is 12.0 Å². The maximum atomic E-state index is 8.81. The van der Waals surface area contributed by atoms with Gasteiger partial charge in [-0.25, -0.2) is 0 Å². The van der Waals surface area contributed by atoms with Gasteiger partial charge in [-0.3, -0.25) is 0 Å². The molecule has 2 aromatic carbocycles. The molecule has 10 heteroatoms. The minimum atomic E-state index is -2.73. The van der Waals surface area contributed by atoms with E-state index >= 15 is 0 Å². The topological polar surface area (TPSA) is 95.8 Å². The van der Waals surface area contributed by atoms with Crippen molar-refractivity contribution in [3.05, 3.63) is 71.8 Å². The van der Waals surface area contributed by atoms with Crippen LogP contribution in [0, 0.1) is 0 Å². The Morgan fingerprint density at radius 3 is 1.45 bits per heavy atom. The van der Waals surface area contributed by atoms with Crippen LogP contribution in [0.4, 0.5) is 0 Å². The Kier molecular flexibility index (Phi) is 13.7. The second-order valence-corrected chi connectivity index (χ2v) is 12.2. The highest BCUT2D eigenvalue weighted by atomic mass is 28.4. The fourth-order valence-electron chi connectivity index (χ4n) is 2.86. The zero-order chi connectivity index (χ0) is 23.0. The van der Waals surface area contributed by atoms with Crippen LogP contribution in [0.15, 0.2) is 60.7 Å². The molecule has 0 amide bonds. The molecule has 0 aromatic heterocycles. The third-order valence-corrected chi connectivity index (χ3v) is 9.97. The highest BCUT2D eigenvalue weighted by Crippen LogP contribution is 2.17. The fraction of sp³-hybridized carbons (Fsp3) is 0.429. The van der Waals surface area contributed by atoms with Gasteiger partial charge in [0.05, 0.1) is 0 Å². The van der Waals surface area contributed by atoms with Gasteiger partial charge in [-0.2, -0.15) is 0 Å². The monoisotopic (exact) mass is 470 g/mol. The normalized spacial score (nSPS) is 11.7. The average Bonchev–Trinajstić information content (AvgIpc) is 2.83. The van der Waals surface area contributed by atoms with E-state index in [1.165, 1.54) is 19.8 Å². The van der Waals surface area contributed by atoms with Crippen LogP contribution < -0.4 is 0 Å². The maximum Gasteiger partial charge on any atom is 0.506 e. The molecule has 0 radical (unpaired) electrons. The van der Waals surface area contributed by atoms with Crippen molar-refractivity contribution < 1.29 is 36.8 Å². The van der Waals surface area contributed by atoms with Crippen LogP contribution in [0.5, 0.6) is 0 Å². The lowest BCUT2D eigenvalue weighted by Crippen LogP contribution is -2.47. The molecular formula is C21H34O8Si2. The van der Waals surface area contributed by atoms with Gasteiger partial charge in [0, 0.05) is 40.5 Å². The number of aliphatic hydroxyl groups is 2. The summed E-state index contributed by atoms with van der Waals surface area (Å²) in [6.07, 6.45) is 0.814. The zero-order valence-electron chi connectivity index (χ0n) is 18.7. The summed E-state index contributed by atoms with van der Waals surface area (Å²) in [5.41, 5.74) is 2.27. The summed E-state index contributed by atoms with van der Waals surface area (Å²) in [7, 11) is 0.765. The van der Waals surface area contributed by atoms with Crippen LogP contribution in [0.2, 0.25) is 6.04 Å². The molecule has 0 aliphatic heterocycles. The van der Waals surface area contributed by atoms with Crippen molar-refractivity contribution in [1.29, 1.82) is 0 Å². The molecule has 0 aliphatic carbocycles. The number of aliphatic hydroxyl groups excluding tert-OH is 2. The summed E-state index contributed by atoms with van der Waals surface area (Å²) in [5, 5.41) is 17.6. The van der Waals surface area contributed by atoms with Crippen LogP contribution in [0.25, 0.3) is 0 Å². The molecule has 0 bridgehead atoms. The Morgan fingerprint density at radius 2 is 1.03 bits per heavy atom. The molecule has 0 fully saturated rings. The summed E-state index contributed by atoms with van der Waals surface area (Å²) in [4.78, 5) is 0. The molecule has 2 N–H and O–H groups in total. The van der Waals surface area contributed by atoms with Gasteiger partial charge in [-0.1, -0.05) is 60.7 Å². The minimum Gasteiger partial charge on any atom is -0.377 e. The Labute approximate surface area is 187 Å². The highest BCUT2D eigenvalue weighted by Gasteiger charge is 2.39. The first-order valence-corrected chi connectivity index (χ1v) is 13.7. The number of hydrogen-bond acceptors (Lipinski definition) is 8. The lowest BCUT2D eigenvalue weighted by atomic mass is 10.2. The molecule has 8 nitrogen and oxygen atoms in total. The molecule has 2 rings (SSSR count). The van der Waals surface area contributed by atoms with Gasteiger partial charge in [0.1, 0.15) is 13.6 Å². The van der Waals surface area contributed by atoms with Crippen molar-refractivity contribution in [2.75, 3.05) is 42.0 Å². The Bertz CT molecular complexity index is 682. The van der Waals surface area contributed by atoms with E-state index in [4.69, 9.17) is 36.8 Å². The molecule has 0 atom stereocenters. The summed E-state index contributed by atoms with van der Waals surface area (Å²) in [6, 6.07) is 21.0. The largest absolute Gasteiger partial charge is 0.506 e. The molecule has 0 unspecified atom stereocenters. The van der Waals surface area contributed by atoms with Crippen LogP contribution in [-0.2, 0) is 39.0 Å². The van der Waals surface area contributed by atoms with Crippen molar-refractivity contribution in [1.82, 2.24) is 0 Å². The van der Waals surface area contributed by atoms with E-state index in [9.17, 15) is 0 Å². The van der Waals surface area contributed by atoms with Crippen molar-refractivity contribution in [3.8, 4) is 0 Å². The van der Waals surface area contributed by atoms with Gasteiger partial charge < -0.3 is 36.8 Å². The van der Waals surface area contributed by atoms with Gasteiger partial charge in [0.25, 0.3) is 0 Å². The summed E-state index contributed by atoms with van der Waals surface area (Å²) in [6.45, 7) is -0.760. The lowest BCUT2D eigenvalue weighted by Gasteiger charge is -2.25. The van der Waals surface area contributed by atoms with Crippen LogP contribution in [0.1, 0.15) is 11.1 Å². The number of benzene rings is 2. The van der Waals surface area contributed by atoms with Crippen LogP contribution in [0.3, 0.4) is 0 Å². The zero-order valence-corrected chi connectivity index (χ0v) is 20.7. The fourth-order valence-corrected chi connectivity index (χ4v) is 6.33. The maximum absolute atomic E-state index is 8.81. The first-order valence-electron chi connectivity index (χ1n) is 9.80. The van der Waals surface area contributed by atoms with Crippen molar-refractivity contribution in [2.45, 2.75) is 18.5 Å². The van der Waals surface area contributed by atoms with Crippen LogP contribution in [-0.4, -0.2) is 69.8 Å². The molecule has 174 valence electrons. The minimum absolute atomic E-state index is 0.372. The first-order chi connectivity index (χ1) is 15.0. The molecule has 2 aromatic rings. The van der Waals surface area contributed by atoms with Crippen molar-refractivity contribution in [3.63, 3.8) is 0 Å². The molecule has 0 spiro atoms. The van der Waals surface area contributed by atoms with Gasteiger partial charge in [0.15, 0.2) is 0 Å². The van der Waals surface area contributed by atoms with E-state index in [2.05, 4.69) is 0 Å².